The molecule has 2 heterocycles. The Balaban J connectivity index is 2.00. The molecule has 4 rings (SSSR count). The molecule has 0 atom stereocenters. The molecule has 23 heavy (non-hydrogen) atoms. The van der Waals surface area contributed by atoms with Crippen molar-refractivity contribution in [3.63, 3.8) is 0 Å². The van der Waals surface area contributed by atoms with Crippen LogP contribution in [0.4, 0.5) is 5.82 Å². The highest BCUT2D eigenvalue weighted by atomic mass is 15.2. The van der Waals surface area contributed by atoms with Gasteiger partial charge in [-0.25, -0.2) is 9.97 Å². The topological polar surface area (TPSA) is 42.2 Å². The fraction of sp³-hybridized carbons (Fsp3) is 0.0526. The number of nitrogens with zero attached hydrogens (tertiary/aromatic N) is 3. The predicted octanol–water partition coefficient (Wildman–Crippen LogP) is 4.15. The largest absolute Gasteiger partial charge is 0.368 e. The second-order valence-corrected chi connectivity index (χ2v) is 5.30. The van der Waals surface area contributed by atoms with Crippen LogP contribution in [-0.2, 0) is 0 Å². The number of aromatic nitrogens is 3. The van der Waals surface area contributed by atoms with Gasteiger partial charge in [0.05, 0.1) is 16.7 Å². The maximum Gasteiger partial charge on any atom is 0.237 e. The van der Waals surface area contributed by atoms with Crippen molar-refractivity contribution in [3.05, 3.63) is 73.3 Å². The summed E-state index contributed by atoms with van der Waals surface area (Å²) in [5.74, 6) is 1.65. The SMILES string of the molecule is C=CCNc1cc(-c2ccccc2)nc2nc3ccccc3n12. The van der Waals surface area contributed by atoms with E-state index in [-0.39, 0.29) is 0 Å². The number of benzene rings is 2. The molecule has 0 saturated carbocycles. The van der Waals surface area contributed by atoms with Gasteiger partial charge in [0.2, 0.25) is 5.78 Å². The molecule has 1 N–H and O–H groups in total. The lowest BCUT2D eigenvalue weighted by Gasteiger charge is -2.10. The van der Waals surface area contributed by atoms with E-state index in [4.69, 9.17) is 4.98 Å². The van der Waals surface area contributed by atoms with Crippen molar-refractivity contribution in [3.8, 4) is 11.3 Å². The summed E-state index contributed by atoms with van der Waals surface area (Å²) >= 11 is 0. The van der Waals surface area contributed by atoms with Crippen molar-refractivity contribution in [1.29, 1.82) is 0 Å². The quantitative estimate of drug-likeness (QED) is 0.576. The lowest BCUT2D eigenvalue weighted by atomic mass is 10.1. The molecule has 4 heteroatoms. The smallest absolute Gasteiger partial charge is 0.237 e. The van der Waals surface area contributed by atoms with Crippen LogP contribution in [0.3, 0.4) is 0 Å². The number of imidazole rings is 1. The van der Waals surface area contributed by atoms with Crippen molar-refractivity contribution in [1.82, 2.24) is 14.4 Å². The Morgan fingerprint density at radius 3 is 2.61 bits per heavy atom. The number of anilines is 1. The van der Waals surface area contributed by atoms with Gasteiger partial charge >= 0.3 is 0 Å². The zero-order valence-corrected chi connectivity index (χ0v) is 12.6. The van der Waals surface area contributed by atoms with Gasteiger partial charge in [-0.3, -0.25) is 4.40 Å². The van der Waals surface area contributed by atoms with Gasteiger partial charge in [-0.15, -0.1) is 6.58 Å². The van der Waals surface area contributed by atoms with Crippen LogP contribution >= 0.6 is 0 Å². The molecule has 0 spiro atoms. The monoisotopic (exact) mass is 300 g/mol. The van der Waals surface area contributed by atoms with E-state index >= 15 is 0 Å². The number of nitrogens with one attached hydrogen (secondary N) is 1. The third-order valence-corrected chi connectivity index (χ3v) is 3.77. The van der Waals surface area contributed by atoms with Gasteiger partial charge in [-0.1, -0.05) is 48.5 Å². The summed E-state index contributed by atoms with van der Waals surface area (Å²) in [4.78, 5) is 9.39. The highest BCUT2D eigenvalue weighted by Crippen LogP contribution is 2.25. The van der Waals surface area contributed by atoms with E-state index in [1.54, 1.807) is 0 Å². The number of para-hydroxylation sites is 2. The molecule has 0 unspecified atom stereocenters. The van der Waals surface area contributed by atoms with Gasteiger partial charge < -0.3 is 5.32 Å². The zero-order valence-electron chi connectivity index (χ0n) is 12.6. The van der Waals surface area contributed by atoms with E-state index in [1.165, 1.54) is 0 Å². The van der Waals surface area contributed by atoms with Crippen molar-refractivity contribution >= 4 is 22.6 Å². The van der Waals surface area contributed by atoms with E-state index in [0.717, 1.165) is 28.1 Å². The number of hydrogen-bond donors (Lipinski definition) is 1. The van der Waals surface area contributed by atoms with Crippen LogP contribution in [0.15, 0.2) is 73.3 Å². The van der Waals surface area contributed by atoms with Gasteiger partial charge in [0.15, 0.2) is 0 Å². The first kappa shape index (κ1) is 13.5. The summed E-state index contributed by atoms with van der Waals surface area (Å²) in [6.45, 7) is 4.46. The second-order valence-electron chi connectivity index (χ2n) is 5.30. The molecular weight excluding hydrogens is 284 g/mol. The maximum atomic E-state index is 4.74. The van der Waals surface area contributed by atoms with Gasteiger partial charge in [-0.05, 0) is 12.1 Å². The zero-order chi connectivity index (χ0) is 15.6. The van der Waals surface area contributed by atoms with Crippen molar-refractivity contribution in [2.45, 2.75) is 0 Å². The molecule has 0 saturated heterocycles. The highest BCUT2D eigenvalue weighted by molar-refractivity contribution is 5.82. The second kappa shape index (κ2) is 5.57. The molecule has 4 aromatic rings. The van der Waals surface area contributed by atoms with Gasteiger partial charge in [0.25, 0.3) is 0 Å². The van der Waals surface area contributed by atoms with Crippen LogP contribution < -0.4 is 5.32 Å². The van der Waals surface area contributed by atoms with Crippen LogP contribution in [0.25, 0.3) is 28.1 Å². The molecule has 4 nitrogen and oxygen atoms in total. The van der Waals surface area contributed by atoms with Crippen LogP contribution in [0.5, 0.6) is 0 Å². The van der Waals surface area contributed by atoms with Crippen molar-refractivity contribution in [2.75, 3.05) is 11.9 Å². The fourth-order valence-corrected chi connectivity index (χ4v) is 2.72. The molecule has 112 valence electrons. The van der Waals surface area contributed by atoms with Crippen LogP contribution in [0.1, 0.15) is 0 Å². The summed E-state index contributed by atoms with van der Waals surface area (Å²) in [5, 5.41) is 3.39. The Bertz CT molecular complexity index is 986. The molecule has 0 aliphatic rings. The van der Waals surface area contributed by atoms with Crippen LogP contribution in [-0.4, -0.2) is 20.9 Å². The molecule has 0 aliphatic heterocycles. The molecule has 0 aliphatic carbocycles. The molecule has 0 radical (unpaired) electrons. The third-order valence-electron chi connectivity index (χ3n) is 3.77. The Kier molecular flexibility index (Phi) is 3.27. The number of rotatable bonds is 4. The minimum Gasteiger partial charge on any atom is -0.368 e. The molecular formula is C19H16N4. The molecule has 2 aromatic heterocycles. The van der Waals surface area contributed by atoms with Gasteiger partial charge in [-0.2, -0.15) is 0 Å². The molecule has 0 bridgehead atoms. The Labute approximate surface area is 134 Å². The normalized spacial score (nSPS) is 11.0. The molecule has 0 fully saturated rings. The summed E-state index contributed by atoms with van der Waals surface area (Å²) in [7, 11) is 0. The Morgan fingerprint density at radius 1 is 1.00 bits per heavy atom. The fourth-order valence-electron chi connectivity index (χ4n) is 2.72. The van der Waals surface area contributed by atoms with E-state index in [0.29, 0.717) is 12.3 Å². The first-order chi connectivity index (χ1) is 11.4. The average molecular weight is 300 g/mol. The van der Waals surface area contributed by atoms with Crippen LogP contribution in [0, 0.1) is 0 Å². The Morgan fingerprint density at radius 2 is 1.78 bits per heavy atom. The third kappa shape index (κ3) is 2.34. The van der Waals surface area contributed by atoms with Crippen molar-refractivity contribution in [2.24, 2.45) is 0 Å². The first-order valence-corrected chi connectivity index (χ1v) is 7.55. The number of fused-ring (bicyclic) bond motifs is 3. The minimum absolute atomic E-state index is 0.680. The average Bonchev–Trinajstić information content (AvgIpc) is 2.99. The maximum absolute atomic E-state index is 4.74. The summed E-state index contributed by atoms with van der Waals surface area (Å²) in [5.41, 5.74) is 3.96. The summed E-state index contributed by atoms with van der Waals surface area (Å²) in [6.07, 6.45) is 1.84. The van der Waals surface area contributed by atoms with E-state index in [1.807, 2.05) is 46.9 Å². The minimum atomic E-state index is 0.680. The molecule has 2 aromatic carbocycles. The Hall–Kier alpha value is -3.14. The van der Waals surface area contributed by atoms with Crippen molar-refractivity contribution < 1.29 is 0 Å². The standard InChI is InChI=1S/C19H16N4/c1-2-12-20-18-13-16(14-8-4-3-5-9-14)22-19-21-15-10-6-7-11-17(15)23(18)19/h2-11,13,20H,1,12H2. The predicted molar refractivity (Wildman–Crippen MR) is 94.6 cm³/mol. The van der Waals surface area contributed by atoms with E-state index in [2.05, 4.69) is 41.1 Å². The lowest BCUT2D eigenvalue weighted by molar-refractivity contribution is 1.11. The summed E-state index contributed by atoms with van der Waals surface area (Å²) < 4.78 is 2.05. The lowest BCUT2D eigenvalue weighted by Crippen LogP contribution is -2.05. The van der Waals surface area contributed by atoms with Crippen LogP contribution in [0.2, 0.25) is 0 Å². The highest BCUT2D eigenvalue weighted by Gasteiger charge is 2.12. The van der Waals surface area contributed by atoms with E-state index < -0.39 is 0 Å². The van der Waals surface area contributed by atoms with Gasteiger partial charge in [0.1, 0.15) is 5.82 Å². The molecule has 0 amide bonds. The first-order valence-electron chi connectivity index (χ1n) is 7.55. The van der Waals surface area contributed by atoms with Gasteiger partial charge in [0, 0.05) is 18.2 Å². The van der Waals surface area contributed by atoms with E-state index in [9.17, 15) is 0 Å². The number of hydrogen-bond acceptors (Lipinski definition) is 3. The summed E-state index contributed by atoms with van der Waals surface area (Å²) in [6, 6.07) is 20.3.